The van der Waals surface area contributed by atoms with Crippen molar-refractivity contribution in [3.63, 3.8) is 0 Å². The molecule has 1 N–H and O–H groups in total. The molecule has 1 aliphatic rings. The van der Waals surface area contributed by atoms with Gasteiger partial charge in [0.05, 0.1) is 7.11 Å². The number of nitrogens with one attached hydrogen (secondary N) is 1. The smallest absolute Gasteiger partial charge is 0.330 e. The van der Waals surface area contributed by atoms with Crippen LogP contribution in [-0.2, 0) is 14.3 Å². The second-order valence-corrected chi connectivity index (χ2v) is 5.83. The minimum Gasteiger partial charge on any atom is -0.467 e. The molecule has 1 atom stereocenters. The Hall–Kier alpha value is -1.10. The Morgan fingerprint density at radius 3 is 2.63 bits per heavy atom. The topological polar surface area (TPSA) is 58.6 Å². The van der Waals surface area contributed by atoms with Crippen molar-refractivity contribution in [2.75, 3.05) is 20.7 Å². The minimum atomic E-state index is -0.954. The van der Waals surface area contributed by atoms with Crippen LogP contribution in [0.2, 0.25) is 0 Å². The first-order chi connectivity index (χ1) is 8.86. The van der Waals surface area contributed by atoms with Crippen LogP contribution in [0.3, 0.4) is 0 Å². The van der Waals surface area contributed by atoms with Crippen LogP contribution in [0.25, 0.3) is 0 Å². The highest BCUT2D eigenvalue weighted by Crippen LogP contribution is 2.19. The molecule has 0 aliphatic carbocycles. The predicted octanol–water partition coefficient (Wildman–Crippen LogP) is 1.32. The highest BCUT2D eigenvalue weighted by atomic mass is 16.5. The maximum absolute atomic E-state index is 11.9. The Labute approximate surface area is 115 Å². The van der Waals surface area contributed by atoms with Gasteiger partial charge in [0.25, 0.3) is 0 Å². The lowest BCUT2D eigenvalue weighted by atomic mass is 9.98. The fourth-order valence-corrected chi connectivity index (χ4v) is 2.52. The zero-order chi connectivity index (χ0) is 14.5. The van der Waals surface area contributed by atoms with Gasteiger partial charge in [0.15, 0.2) is 0 Å². The van der Waals surface area contributed by atoms with E-state index in [1.165, 1.54) is 20.0 Å². The number of piperidine rings is 1. The fraction of sp³-hybridized carbons (Fsp3) is 0.857. The summed E-state index contributed by atoms with van der Waals surface area (Å²) in [5.41, 5.74) is -0.954. The maximum Gasteiger partial charge on any atom is 0.330 e. The Bertz CT molecular complexity index is 329. The van der Waals surface area contributed by atoms with Crippen LogP contribution < -0.4 is 5.32 Å². The number of carbonyl (C=O) groups is 2. The van der Waals surface area contributed by atoms with Gasteiger partial charge >= 0.3 is 5.97 Å². The van der Waals surface area contributed by atoms with Gasteiger partial charge < -0.3 is 15.0 Å². The Morgan fingerprint density at radius 2 is 2.05 bits per heavy atom. The highest BCUT2D eigenvalue weighted by molar-refractivity contribution is 5.87. The summed E-state index contributed by atoms with van der Waals surface area (Å²) < 4.78 is 4.67. The molecule has 5 heteroatoms. The van der Waals surface area contributed by atoms with Crippen LogP contribution in [0, 0.1) is 0 Å². The van der Waals surface area contributed by atoms with Crippen molar-refractivity contribution in [1.29, 1.82) is 0 Å². The molecular formula is C14H26N2O3. The summed E-state index contributed by atoms with van der Waals surface area (Å²) in [6, 6.07) is 0.487. The van der Waals surface area contributed by atoms with E-state index in [9.17, 15) is 9.59 Å². The monoisotopic (exact) mass is 270 g/mol. The summed E-state index contributed by atoms with van der Waals surface area (Å²) in [6.45, 7) is 4.42. The van der Waals surface area contributed by atoms with Gasteiger partial charge in [-0.1, -0.05) is 6.42 Å². The van der Waals surface area contributed by atoms with Gasteiger partial charge in [0.2, 0.25) is 5.91 Å². The van der Waals surface area contributed by atoms with Gasteiger partial charge in [0, 0.05) is 12.5 Å². The molecule has 19 heavy (non-hydrogen) atoms. The molecule has 110 valence electrons. The minimum absolute atomic E-state index is 0.0885. The molecular weight excluding hydrogens is 244 g/mol. The number of carbonyl (C=O) groups excluding carboxylic acids is 2. The molecule has 0 spiro atoms. The summed E-state index contributed by atoms with van der Waals surface area (Å²) in [7, 11) is 3.44. The van der Waals surface area contributed by atoms with E-state index in [2.05, 4.69) is 22.0 Å². The van der Waals surface area contributed by atoms with Crippen LogP contribution in [0.1, 0.15) is 46.0 Å². The van der Waals surface area contributed by atoms with Crippen LogP contribution in [0.5, 0.6) is 0 Å². The maximum atomic E-state index is 11.9. The van der Waals surface area contributed by atoms with E-state index in [0.717, 1.165) is 19.4 Å². The zero-order valence-electron chi connectivity index (χ0n) is 12.5. The number of ether oxygens (including phenoxy) is 1. The average Bonchev–Trinajstić information content (AvgIpc) is 2.36. The number of methoxy groups -OCH3 is 1. The first-order valence-electron chi connectivity index (χ1n) is 6.96. The van der Waals surface area contributed by atoms with Crippen LogP contribution >= 0.6 is 0 Å². The molecule has 1 saturated heterocycles. The quantitative estimate of drug-likeness (QED) is 0.765. The molecule has 0 bridgehead atoms. The Morgan fingerprint density at radius 1 is 1.37 bits per heavy atom. The second kappa shape index (κ2) is 6.89. The number of rotatable bonds is 5. The Balaban J connectivity index is 2.37. The lowest BCUT2D eigenvalue weighted by Crippen LogP contribution is -2.50. The summed E-state index contributed by atoms with van der Waals surface area (Å²) >= 11 is 0. The largest absolute Gasteiger partial charge is 0.467 e. The van der Waals surface area contributed by atoms with E-state index in [-0.39, 0.29) is 5.91 Å². The third-order valence-corrected chi connectivity index (χ3v) is 3.77. The highest BCUT2D eigenvalue weighted by Gasteiger charge is 2.30. The van der Waals surface area contributed by atoms with E-state index < -0.39 is 11.5 Å². The number of nitrogens with zero attached hydrogens (tertiary/aromatic N) is 1. The molecule has 0 radical (unpaired) electrons. The van der Waals surface area contributed by atoms with Gasteiger partial charge in [-0.05, 0) is 46.7 Å². The number of hydrogen-bond donors (Lipinski definition) is 1. The van der Waals surface area contributed by atoms with Crippen molar-refractivity contribution in [2.45, 2.75) is 57.5 Å². The number of amides is 1. The van der Waals surface area contributed by atoms with Crippen molar-refractivity contribution in [1.82, 2.24) is 10.2 Å². The molecule has 1 fully saturated rings. The molecule has 5 nitrogen and oxygen atoms in total. The van der Waals surface area contributed by atoms with Gasteiger partial charge in [-0.2, -0.15) is 0 Å². The molecule has 0 aromatic carbocycles. The zero-order valence-corrected chi connectivity index (χ0v) is 12.5. The third-order valence-electron chi connectivity index (χ3n) is 3.77. The third kappa shape index (κ3) is 4.82. The first-order valence-corrected chi connectivity index (χ1v) is 6.96. The van der Waals surface area contributed by atoms with Crippen molar-refractivity contribution >= 4 is 11.9 Å². The van der Waals surface area contributed by atoms with E-state index in [4.69, 9.17) is 0 Å². The predicted molar refractivity (Wildman–Crippen MR) is 73.7 cm³/mol. The van der Waals surface area contributed by atoms with Crippen molar-refractivity contribution in [2.24, 2.45) is 0 Å². The molecule has 1 aliphatic heterocycles. The summed E-state index contributed by atoms with van der Waals surface area (Å²) in [5.74, 6) is -0.509. The van der Waals surface area contributed by atoms with Gasteiger partial charge in [-0.25, -0.2) is 4.79 Å². The fourth-order valence-electron chi connectivity index (χ4n) is 2.52. The van der Waals surface area contributed by atoms with Crippen LogP contribution in [-0.4, -0.2) is 49.1 Å². The lowest BCUT2D eigenvalue weighted by molar-refractivity contribution is -0.149. The molecule has 1 heterocycles. The van der Waals surface area contributed by atoms with Gasteiger partial charge in [0.1, 0.15) is 5.54 Å². The van der Waals surface area contributed by atoms with Gasteiger partial charge in [-0.3, -0.25) is 4.79 Å². The van der Waals surface area contributed by atoms with Crippen molar-refractivity contribution < 1.29 is 14.3 Å². The standard InChI is InChI=1S/C14H26N2O3/c1-14(2,13(18)19-4)15-12(17)9-8-11-7-5-6-10-16(11)3/h11H,5-10H2,1-4H3,(H,15,17)/t11-/m1/s1. The van der Waals surface area contributed by atoms with Crippen LogP contribution in [0.4, 0.5) is 0 Å². The molecule has 1 rings (SSSR count). The number of hydrogen-bond acceptors (Lipinski definition) is 4. The number of esters is 1. The van der Waals surface area contributed by atoms with E-state index in [1.807, 2.05) is 0 Å². The summed E-state index contributed by atoms with van der Waals surface area (Å²) in [5, 5.41) is 2.73. The molecule has 0 aromatic heterocycles. The van der Waals surface area contributed by atoms with E-state index >= 15 is 0 Å². The van der Waals surface area contributed by atoms with E-state index in [1.54, 1.807) is 13.8 Å². The lowest BCUT2D eigenvalue weighted by Gasteiger charge is -2.32. The van der Waals surface area contributed by atoms with Gasteiger partial charge in [-0.15, -0.1) is 0 Å². The molecule has 0 aromatic rings. The van der Waals surface area contributed by atoms with E-state index in [0.29, 0.717) is 12.5 Å². The molecule has 1 amide bonds. The van der Waals surface area contributed by atoms with Crippen molar-refractivity contribution in [3.05, 3.63) is 0 Å². The second-order valence-electron chi connectivity index (χ2n) is 5.83. The average molecular weight is 270 g/mol. The molecule has 0 saturated carbocycles. The van der Waals surface area contributed by atoms with Crippen LogP contribution in [0.15, 0.2) is 0 Å². The first kappa shape index (κ1) is 16.0. The summed E-state index contributed by atoms with van der Waals surface area (Å²) in [4.78, 5) is 25.7. The summed E-state index contributed by atoms with van der Waals surface area (Å²) in [6.07, 6.45) is 4.94. The SMILES string of the molecule is COC(=O)C(C)(C)NC(=O)CC[C@H]1CCCCN1C. The van der Waals surface area contributed by atoms with Crippen molar-refractivity contribution in [3.8, 4) is 0 Å². The molecule has 0 unspecified atom stereocenters. The number of likely N-dealkylation sites (tertiary alicyclic amines) is 1. The Kier molecular flexibility index (Phi) is 5.79. The normalized spacial score (nSPS) is 20.9.